The van der Waals surface area contributed by atoms with Crippen molar-refractivity contribution < 1.29 is 21.7 Å². The quantitative estimate of drug-likeness (QED) is 0.449. The fraction of sp³-hybridized carbons (Fsp3) is 0.0833. The molecule has 0 aliphatic heterocycles. The van der Waals surface area contributed by atoms with Gasteiger partial charge in [-0.2, -0.15) is 30.7 Å². The van der Waals surface area contributed by atoms with E-state index >= 15 is 0 Å². The van der Waals surface area contributed by atoms with Crippen molar-refractivity contribution in [3.8, 4) is 0 Å². The molecule has 2 rings (SSSR count). The van der Waals surface area contributed by atoms with Crippen LogP contribution in [0.4, 0.5) is 0 Å². The van der Waals surface area contributed by atoms with E-state index in [4.69, 9.17) is 0 Å². The molecule has 0 spiro atoms. The van der Waals surface area contributed by atoms with Gasteiger partial charge in [0.25, 0.3) is 0 Å². The number of rotatable bonds is 0. The van der Waals surface area contributed by atoms with E-state index in [1.165, 1.54) is 0 Å². The van der Waals surface area contributed by atoms with Crippen LogP contribution in [0.5, 0.6) is 0 Å². The molecule has 0 heterocycles. The first kappa shape index (κ1) is 12.3. The molecular formula is C12H12Ti. The minimum atomic E-state index is 0. The summed E-state index contributed by atoms with van der Waals surface area (Å²) >= 11 is 0. The van der Waals surface area contributed by atoms with E-state index in [0.29, 0.717) is 0 Å². The molecule has 1 aliphatic carbocycles. The third-order valence-corrected chi connectivity index (χ3v) is 1.43. The predicted octanol–water partition coefficient (Wildman–Crippen LogP) is 3.17. The maximum atomic E-state index is 3.72. The standard InChI is InChI=1S/C7H7.C5H5.Ti/c1-7-5-3-2-4-6-7;1-2-4-5-3-1;/h2-6H,1H2;1-3H,4H2;/q2*-1;+2. The number of hydrogen-bond donors (Lipinski definition) is 0. The van der Waals surface area contributed by atoms with E-state index in [-0.39, 0.29) is 21.7 Å². The number of allylic oxidation sites excluding steroid dienone is 4. The largest absolute Gasteiger partial charge is 2.00 e. The molecule has 0 saturated carbocycles. The topological polar surface area (TPSA) is 0 Å². The molecule has 64 valence electrons. The fourth-order valence-electron chi connectivity index (χ4n) is 0.818. The summed E-state index contributed by atoms with van der Waals surface area (Å²) in [5, 5.41) is 0. The Bertz CT molecular complexity index is 250. The van der Waals surface area contributed by atoms with Gasteiger partial charge in [-0.3, -0.25) is 6.08 Å². The Labute approximate surface area is 95.2 Å². The zero-order valence-electron chi connectivity index (χ0n) is 7.53. The van der Waals surface area contributed by atoms with Crippen LogP contribution >= 0.6 is 0 Å². The second kappa shape index (κ2) is 7.91. The SMILES string of the molecule is [C-]1=CC=CC1.[CH2-]c1ccccc1.[Ti+2]. The summed E-state index contributed by atoms with van der Waals surface area (Å²) in [5.41, 5.74) is 1.07. The van der Waals surface area contributed by atoms with Crippen LogP contribution in [0.2, 0.25) is 0 Å². The van der Waals surface area contributed by atoms with Gasteiger partial charge in [-0.1, -0.05) is 6.07 Å². The summed E-state index contributed by atoms with van der Waals surface area (Å²) in [6.45, 7) is 3.72. The van der Waals surface area contributed by atoms with E-state index in [2.05, 4.69) is 19.1 Å². The molecule has 0 N–H and O–H groups in total. The van der Waals surface area contributed by atoms with E-state index < -0.39 is 0 Å². The first-order valence-corrected chi connectivity index (χ1v) is 3.98. The Kier molecular flexibility index (Phi) is 7.47. The zero-order chi connectivity index (χ0) is 8.65. The second-order valence-corrected chi connectivity index (χ2v) is 2.49. The van der Waals surface area contributed by atoms with Gasteiger partial charge in [0.15, 0.2) is 0 Å². The van der Waals surface area contributed by atoms with Gasteiger partial charge < -0.3 is 0 Å². The predicted molar refractivity (Wildman–Crippen MR) is 52.5 cm³/mol. The molecule has 0 aromatic heterocycles. The van der Waals surface area contributed by atoms with Gasteiger partial charge in [0.2, 0.25) is 0 Å². The summed E-state index contributed by atoms with van der Waals surface area (Å²) in [6.07, 6.45) is 10.0. The first-order chi connectivity index (χ1) is 5.89. The van der Waals surface area contributed by atoms with Crippen LogP contribution in [0.3, 0.4) is 0 Å². The Balaban J connectivity index is 0.000000215. The van der Waals surface area contributed by atoms with Crippen molar-refractivity contribution in [2.75, 3.05) is 0 Å². The van der Waals surface area contributed by atoms with Gasteiger partial charge in [-0.05, 0) is 0 Å². The summed E-state index contributed by atoms with van der Waals surface area (Å²) in [7, 11) is 0. The molecule has 1 aliphatic rings. The molecule has 0 radical (unpaired) electrons. The van der Waals surface area contributed by atoms with Crippen LogP contribution in [0.1, 0.15) is 12.0 Å². The Morgan fingerprint density at radius 2 is 1.85 bits per heavy atom. The molecule has 0 bridgehead atoms. The average Bonchev–Trinajstić information content (AvgIpc) is 2.62. The Morgan fingerprint density at radius 1 is 1.15 bits per heavy atom. The molecule has 0 saturated heterocycles. The maximum Gasteiger partial charge on any atom is 2.00 e. The molecule has 0 atom stereocenters. The average molecular weight is 204 g/mol. The summed E-state index contributed by atoms with van der Waals surface area (Å²) in [5.74, 6) is 0. The van der Waals surface area contributed by atoms with Gasteiger partial charge >= 0.3 is 21.7 Å². The van der Waals surface area contributed by atoms with Crippen molar-refractivity contribution in [2.24, 2.45) is 0 Å². The van der Waals surface area contributed by atoms with E-state index in [1.807, 2.05) is 42.5 Å². The van der Waals surface area contributed by atoms with Gasteiger partial charge in [0.05, 0.1) is 0 Å². The molecular weight excluding hydrogens is 192 g/mol. The molecule has 1 aromatic carbocycles. The minimum Gasteiger partial charge on any atom is -0.273 e. The van der Waals surface area contributed by atoms with Crippen LogP contribution in [-0.4, -0.2) is 0 Å². The third kappa shape index (κ3) is 6.45. The van der Waals surface area contributed by atoms with E-state index in [0.717, 1.165) is 12.0 Å². The van der Waals surface area contributed by atoms with Crippen LogP contribution in [0.15, 0.2) is 48.6 Å². The number of benzene rings is 1. The fourth-order valence-corrected chi connectivity index (χ4v) is 0.818. The Hall–Kier alpha value is -0.716. The molecule has 0 unspecified atom stereocenters. The molecule has 0 amide bonds. The van der Waals surface area contributed by atoms with Crippen molar-refractivity contribution in [1.82, 2.24) is 0 Å². The van der Waals surface area contributed by atoms with E-state index in [1.54, 1.807) is 0 Å². The van der Waals surface area contributed by atoms with Crippen molar-refractivity contribution in [3.63, 3.8) is 0 Å². The van der Waals surface area contributed by atoms with Crippen molar-refractivity contribution in [3.05, 3.63) is 67.1 Å². The van der Waals surface area contributed by atoms with Gasteiger partial charge in [0.1, 0.15) is 0 Å². The monoisotopic (exact) mass is 204 g/mol. The van der Waals surface area contributed by atoms with Crippen LogP contribution < -0.4 is 0 Å². The minimum absolute atomic E-state index is 0. The molecule has 0 nitrogen and oxygen atoms in total. The van der Waals surface area contributed by atoms with Crippen molar-refractivity contribution in [2.45, 2.75) is 6.42 Å². The molecule has 1 heteroatoms. The first-order valence-electron chi connectivity index (χ1n) is 3.98. The van der Waals surface area contributed by atoms with Gasteiger partial charge in [-0.15, -0.1) is 18.6 Å². The number of hydrogen-bond acceptors (Lipinski definition) is 0. The van der Waals surface area contributed by atoms with Gasteiger partial charge in [0, 0.05) is 0 Å². The van der Waals surface area contributed by atoms with Crippen molar-refractivity contribution >= 4 is 0 Å². The smallest absolute Gasteiger partial charge is 0.273 e. The third-order valence-electron chi connectivity index (χ3n) is 1.43. The van der Waals surface area contributed by atoms with Crippen LogP contribution in [0, 0.1) is 13.0 Å². The maximum absolute atomic E-state index is 3.72. The van der Waals surface area contributed by atoms with Crippen molar-refractivity contribution in [1.29, 1.82) is 0 Å². The van der Waals surface area contributed by atoms with Crippen LogP contribution in [-0.2, 0) is 21.7 Å². The molecule has 13 heavy (non-hydrogen) atoms. The second-order valence-electron chi connectivity index (χ2n) is 2.49. The summed E-state index contributed by atoms with van der Waals surface area (Å²) < 4.78 is 0. The normalized spacial score (nSPS) is 11.4. The molecule has 0 fully saturated rings. The van der Waals surface area contributed by atoms with Gasteiger partial charge in [-0.25, -0.2) is 12.2 Å². The summed E-state index contributed by atoms with van der Waals surface area (Å²) in [4.78, 5) is 0. The molecule has 1 aromatic rings. The zero-order valence-corrected chi connectivity index (χ0v) is 9.09. The van der Waals surface area contributed by atoms with Crippen LogP contribution in [0.25, 0.3) is 0 Å². The Morgan fingerprint density at radius 3 is 2.08 bits per heavy atom. The van der Waals surface area contributed by atoms with E-state index in [9.17, 15) is 0 Å². The summed E-state index contributed by atoms with van der Waals surface area (Å²) in [6, 6.07) is 9.87.